The number of aliphatic imine (C=N–C) groups is 1. The summed E-state index contributed by atoms with van der Waals surface area (Å²) in [6.07, 6.45) is 0. The highest BCUT2D eigenvalue weighted by molar-refractivity contribution is 7.11. The molecule has 0 saturated carbocycles. The van der Waals surface area contributed by atoms with Crippen molar-refractivity contribution in [1.82, 2.24) is 15.6 Å². The summed E-state index contributed by atoms with van der Waals surface area (Å²) < 4.78 is 0. The van der Waals surface area contributed by atoms with Gasteiger partial charge in [0.15, 0.2) is 5.96 Å². The Bertz CT molecular complexity index is 733. The van der Waals surface area contributed by atoms with Crippen LogP contribution in [0.2, 0.25) is 0 Å². The van der Waals surface area contributed by atoms with Gasteiger partial charge in [0.25, 0.3) is 0 Å². The van der Waals surface area contributed by atoms with Crippen molar-refractivity contribution in [2.45, 2.75) is 40.8 Å². The summed E-state index contributed by atoms with van der Waals surface area (Å²) in [5.41, 5.74) is 4.82. The molecule has 136 valence electrons. The van der Waals surface area contributed by atoms with Crippen molar-refractivity contribution in [3.63, 3.8) is 0 Å². The minimum Gasteiger partial charge on any atom is -0.378 e. The Morgan fingerprint density at radius 1 is 1.20 bits per heavy atom. The number of hydrogen-bond donors (Lipinski definition) is 2. The maximum Gasteiger partial charge on any atom is 0.191 e. The average molecular weight is 360 g/mol. The van der Waals surface area contributed by atoms with Gasteiger partial charge in [-0.25, -0.2) is 9.98 Å². The van der Waals surface area contributed by atoms with E-state index in [1.54, 1.807) is 11.3 Å². The summed E-state index contributed by atoms with van der Waals surface area (Å²) in [7, 11) is 4.12. The summed E-state index contributed by atoms with van der Waals surface area (Å²) >= 11 is 1.73. The first kappa shape index (κ1) is 19.2. The number of aromatic nitrogens is 1. The molecule has 1 heterocycles. The summed E-state index contributed by atoms with van der Waals surface area (Å²) in [5, 5.41) is 7.83. The lowest BCUT2D eigenvalue weighted by atomic mass is 10.1. The molecule has 2 rings (SSSR count). The van der Waals surface area contributed by atoms with Crippen LogP contribution in [0.25, 0.3) is 0 Å². The zero-order valence-electron chi connectivity index (χ0n) is 16.1. The van der Waals surface area contributed by atoms with Crippen molar-refractivity contribution in [2.24, 2.45) is 4.99 Å². The third-order valence-electron chi connectivity index (χ3n) is 4.01. The van der Waals surface area contributed by atoms with Crippen LogP contribution >= 0.6 is 11.3 Å². The molecule has 0 fully saturated rings. The van der Waals surface area contributed by atoms with Gasteiger partial charge in [0.1, 0.15) is 0 Å². The monoisotopic (exact) mass is 359 g/mol. The largest absolute Gasteiger partial charge is 0.378 e. The van der Waals surface area contributed by atoms with Gasteiger partial charge in [-0.05, 0) is 51.0 Å². The van der Waals surface area contributed by atoms with Crippen LogP contribution in [0.1, 0.15) is 33.6 Å². The van der Waals surface area contributed by atoms with Crippen molar-refractivity contribution in [1.29, 1.82) is 0 Å². The predicted octanol–water partition coefficient (Wildman–Crippen LogP) is 3.39. The van der Waals surface area contributed by atoms with Crippen molar-refractivity contribution >= 4 is 23.0 Å². The Balaban J connectivity index is 2.05. The van der Waals surface area contributed by atoms with Gasteiger partial charge in [-0.2, -0.15) is 0 Å². The normalized spacial score (nSPS) is 11.5. The third-order valence-corrected chi connectivity index (χ3v) is 5.08. The molecule has 6 heteroatoms. The second-order valence-electron chi connectivity index (χ2n) is 6.30. The van der Waals surface area contributed by atoms with Gasteiger partial charge in [0.05, 0.1) is 23.8 Å². The molecule has 5 nitrogen and oxygen atoms in total. The van der Waals surface area contributed by atoms with Gasteiger partial charge < -0.3 is 15.5 Å². The number of nitrogens with zero attached hydrogens (tertiary/aromatic N) is 3. The van der Waals surface area contributed by atoms with Crippen molar-refractivity contribution < 1.29 is 0 Å². The summed E-state index contributed by atoms with van der Waals surface area (Å²) in [6.45, 7) is 10.6. The SMILES string of the molecule is CCNC(=NCc1ccc(N(C)C)cc1C)NCc1sc(C)nc1C. The molecule has 2 N–H and O–H groups in total. The van der Waals surface area contributed by atoms with E-state index < -0.39 is 0 Å². The van der Waals surface area contributed by atoms with Crippen LogP contribution in [0.4, 0.5) is 5.69 Å². The molecule has 2 aromatic rings. The van der Waals surface area contributed by atoms with E-state index in [1.807, 2.05) is 6.92 Å². The van der Waals surface area contributed by atoms with Gasteiger partial charge in [0, 0.05) is 31.2 Å². The lowest BCUT2D eigenvalue weighted by Gasteiger charge is -2.15. The minimum absolute atomic E-state index is 0.662. The number of guanidine groups is 1. The fraction of sp³-hybridized carbons (Fsp3) is 0.474. The van der Waals surface area contributed by atoms with E-state index in [0.29, 0.717) is 6.54 Å². The Morgan fingerprint density at radius 2 is 1.96 bits per heavy atom. The van der Waals surface area contributed by atoms with E-state index in [0.717, 1.165) is 29.8 Å². The smallest absolute Gasteiger partial charge is 0.191 e. The lowest BCUT2D eigenvalue weighted by Crippen LogP contribution is -2.36. The fourth-order valence-electron chi connectivity index (χ4n) is 2.54. The summed E-state index contributed by atoms with van der Waals surface area (Å²) in [6, 6.07) is 6.50. The van der Waals surface area contributed by atoms with Gasteiger partial charge >= 0.3 is 0 Å². The molecule has 0 spiro atoms. The van der Waals surface area contributed by atoms with Crippen LogP contribution in [0.5, 0.6) is 0 Å². The molecule has 0 bridgehead atoms. The molecule has 0 aliphatic rings. The molecule has 0 atom stereocenters. The highest BCUT2D eigenvalue weighted by Gasteiger charge is 2.06. The quantitative estimate of drug-likeness (QED) is 0.613. The Hall–Kier alpha value is -2.08. The maximum absolute atomic E-state index is 4.74. The van der Waals surface area contributed by atoms with Crippen LogP contribution in [0.3, 0.4) is 0 Å². The van der Waals surface area contributed by atoms with Crippen molar-refractivity contribution in [3.05, 3.63) is 44.9 Å². The zero-order valence-corrected chi connectivity index (χ0v) is 16.9. The highest BCUT2D eigenvalue weighted by atomic mass is 32.1. The number of rotatable bonds is 6. The van der Waals surface area contributed by atoms with Crippen LogP contribution in [0, 0.1) is 20.8 Å². The number of thiazole rings is 1. The second kappa shape index (κ2) is 8.85. The standard InChI is InChI=1S/C19H29N5S/c1-7-20-19(22-12-18-14(3)23-15(4)25-18)21-11-16-8-9-17(24(5)6)10-13(16)2/h8-10H,7,11-12H2,1-6H3,(H2,20,21,22). The number of hydrogen-bond acceptors (Lipinski definition) is 4. The van der Waals surface area contributed by atoms with E-state index in [2.05, 4.69) is 73.6 Å². The van der Waals surface area contributed by atoms with Crippen LogP contribution in [-0.4, -0.2) is 31.6 Å². The Kier molecular flexibility index (Phi) is 6.82. The molecule has 25 heavy (non-hydrogen) atoms. The molecule has 1 aromatic carbocycles. The number of benzene rings is 1. The first-order valence-corrected chi connectivity index (χ1v) is 9.44. The summed E-state index contributed by atoms with van der Waals surface area (Å²) in [4.78, 5) is 12.6. The van der Waals surface area contributed by atoms with Crippen molar-refractivity contribution in [2.75, 3.05) is 25.5 Å². The lowest BCUT2D eigenvalue weighted by molar-refractivity contribution is 0.818. The van der Waals surface area contributed by atoms with Crippen LogP contribution in [0.15, 0.2) is 23.2 Å². The number of aryl methyl sites for hydroxylation is 3. The fourth-order valence-corrected chi connectivity index (χ4v) is 3.42. The predicted molar refractivity (Wildman–Crippen MR) is 109 cm³/mol. The van der Waals surface area contributed by atoms with E-state index in [-0.39, 0.29) is 0 Å². The van der Waals surface area contributed by atoms with Crippen LogP contribution < -0.4 is 15.5 Å². The molecule has 1 aromatic heterocycles. The first-order chi connectivity index (χ1) is 11.9. The topological polar surface area (TPSA) is 52.6 Å². The Labute approximate surface area is 155 Å². The third kappa shape index (κ3) is 5.46. The molecule has 0 aliphatic heterocycles. The van der Waals surface area contributed by atoms with Crippen molar-refractivity contribution in [3.8, 4) is 0 Å². The Morgan fingerprint density at radius 3 is 2.52 bits per heavy atom. The number of anilines is 1. The molecule has 0 amide bonds. The molecular weight excluding hydrogens is 330 g/mol. The molecule has 0 saturated heterocycles. The highest BCUT2D eigenvalue weighted by Crippen LogP contribution is 2.18. The van der Waals surface area contributed by atoms with E-state index >= 15 is 0 Å². The zero-order chi connectivity index (χ0) is 18.4. The average Bonchev–Trinajstić information content (AvgIpc) is 2.88. The van der Waals surface area contributed by atoms with Gasteiger partial charge in [0.2, 0.25) is 0 Å². The summed E-state index contributed by atoms with van der Waals surface area (Å²) in [5.74, 6) is 0.837. The number of nitrogens with one attached hydrogen (secondary N) is 2. The molecular formula is C19H29N5S. The first-order valence-electron chi connectivity index (χ1n) is 8.62. The van der Waals surface area contributed by atoms with E-state index in [4.69, 9.17) is 4.99 Å². The molecule has 0 radical (unpaired) electrons. The van der Waals surface area contributed by atoms with Gasteiger partial charge in [-0.3, -0.25) is 0 Å². The molecule has 0 unspecified atom stereocenters. The van der Waals surface area contributed by atoms with E-state index in [9.17, 15) is 0 Å². The van der Waals surface area contributed by atoms with Gasteiger partial charge in [-0.1, -0.05) is 6.07 Å². The maximum atomic E-state index is 4.74. The van der Waals surface area contributed by atoms with E-state index in [1.165, 1.54) is 21.7 Å². The minimum atomic E-state index is 0.662. The van der Waals surface area contributed by atoms with Gasteiger partial charge in [-0.15, -0.1) is 11.3 Å². The van der Waals surface area contributed by atoms with Crippen LogP contribution in [-0.2, 0) is 13.1 Å². The molecule has 0 aliphatic carbocycles. The second-order valence-corrected chi connectivity index (χ2v) is 7.58.